The Morgan fingerprint density at radius 1 is 1.10 bits per heavy atom. The van der Waals surface area contributed by atoms with Crippen LogP contribution in [0.15, 0.2) is 42.5 Å². The van der Waals surface area contributed by atoms with E-state index in [0.717, 1.165) is 13.0 Å². The molecule has 4 rings (SSSR count). The van der Waals surface area contributed by atoms with E-state index in [-0.39, 0.29) is 6.04 Å². The van der Waals surface area contributed by atoms with Crippen molar-refractivity contribution in [2.24, 2.45) is 0 Å². The Hall–Kier alpha value is -2.26. The molecule has 0 saturated heterocycles. The van der Waals surface area contributed by atoms with Gasteiger partial charge in [0.05, 0.1) is 6.04 Å². The van der Waals surface area contributed by atoms with Crippen molar-refractivity contribution in [2.45, 2.75) is 19.4 Å². The maximum Gasteiger partial charge on any atom is 0.115 e. The highest BCUT2D eigenvalue weighted by atomic mass is 16.3. The fourth-order valence-corrected chi connectivity index (χ4v) is 3.29. The van der Waals surface area contributed by atoms with Crippen molar-refractivity contribution in [3.8, 4) is 5.75 Å². The van der Waals surface area contributed by atoms with Crippen molar-refractivity contribution in [3.05, 3.63) is 64.8 Å². The number of H-pyrrole nitrogens is 1. The van der Waals surface area contributed by atoms with E-state index >= 15 is 0 Å². The molecular weight excluding hydrogens is 260 g/mol. The normalized spacial score (nSPS) is 17.9. The highest BCUT2D eigenvalue weighted by Gasteiger charge is 2.25. The summed E-state index contributed by atoms with van der Waals surface area (Å²) in [6, 6.07) is 14.2. The van der Waals surface area contributed by atoms with E-state index in [1.165, 1.54) is 33.3 Å². The Morgan fingerprint density at radius 2 is 1.90 bits per heavy atom. The molecule has 3 nitrogen and oxygen atoms in total. The fraction of sp³-hybridized carbons (Fsp3) is 0.222. The molecule has 1 aliphatic rings. The molecule has 2 aromatic carbocycles. The van der Waals surface area contributed by atoms with Crippen LogP contribution in [0.1, 0.15) is 28.4 Å². The molecule has 0 aliphatic carbocycles. The number of rotatable bonds is 1. The fourth-order valence-electron chi connectivity index (χ4n) is 3.29. The number of phenols is 1. The second-order valence-electron chi connectivity index (χ2n) is 5.79. The van der Waals surface area contributed by atoms with E-state index in [2.05, 4.69) is 35.4 Å². The summed E-state index contributed by atoms with van der Waals surface area (Å²) < 4.78 is 0. The van der Waals surface area contributed by atoms with Crippen LogP contribution in [-0.4, -0.2) is 16.6 Å². The molecule has 0 amide bonds. The van der Waals surface area contributed by atoms with Gasteiger partial charge < -0.3 is 15.4 Å². The summed E-state index contributed by atoms with van der Waals surface area (Å²) in [6.07, 6.45) is 1.05. The lowest BCUT2D eigenvalue weighted by Gasteiger charge is -2.24. The molecule has 21 heavy (non-hydrogen) atoms. The molecule has 1 aromatic heterocycles. The largest absolute Gasteiger partial charge is 0.508 e. The van der Waals surface area contributed by atoms with Crippen molar-refractivity contribution in [3.63, 3.8) is 0 Å². The van der Waals surface area contributed by atoms with Crippen molar-refractivity contribution in [2.75, 3.05) is 6.54 Å². The maximum atomic E-state index is 9.47. The van der Waals surface area contributed by atoms with Crippen molar-refractivity contribution >= 4 is 10.9 Å². The molecule has 0 radical (unpaired) electrons. The smallest absolute Gasteiger partial charge is 0.115 e. The average molecular weight is 278 g/mol. The second-order valence-corrected chi connectivity index (χ2v) is 5.79. The molecule has 0 saturated carbocycles. The highest BCUT2D eigenvalue weighted by Crippen LogP contribution is 2.34. The summed E-state index contributed by atoms with van der Waals surface area (Å²) in [5.41, 5.74) is 6.36. The first-order valence-corrected chi connectivity index (χ1v) is 7.36. The Bertz CT molecular complexity index is 802. The van der Waals surface area contributed by atoms with Crippen LogP contribution in [0.2, 0.25) is 0 Å². The second kappa shape index (κ2) is 4.64. The third-order valence-corrected chi connectivity index (χ3v) is 4.33. The van der Waals surface area contributed by atoms with Crippen LogP contribution in [0.25, 0.3) is 10.9 Å². The van der Waals surface area contributed by atoms with E-state index in [1.807, 2.05) is 12.1 Å². The first-order valence-electron chi connectivity index (χ1n) is 7.36. The predicted octanol–water partition coefficient (Wildman–Crippen LogP) is 3.42. The van der Waals surface area contributed by atoms with Gasteiger partial charge in [-0.1, -0.05) is 23.8 Å². The van der Waals surface area contributed by atoms with Gasteiger partial charge in [0.25, 0.3) is 0 Å². The van der Waals surface area contributed by atoms with Gasteiger partial charge in [0.1, 0.15) is 5.75 Å². The lowest BCUT2D eigenvalue weighted by Crippen LogP contribution is -2.30. The summed E-state index contributed by atoms with van der Waals surface area (Å²) in [7, 11) is 0. The number of hydrogen-bond acceptors (Lipinski definition) is 2. The van der Waals surface area contributed by atoms with Gasteiger partial charge in [0, 0.05) is 23.1 Å². The lowest BCUT2D eigenvalue weighted by atomic mass is 9.94. The Labute approximate surface area is 123 Å². The van der Waals surface area contributed by atoms with Gasteiger partial charge in [-0.2, -0.15) is 0 Å². The molecule has 2 heterocycles. The molecule has 3 heteroatoms. The quantitative estimate of drug-likeness (QED) is 0.639. The highest BCUT2D eigenvalue weighted by molar-refractivity contribution is 5.86. The summed E-state index contributed by atoms with van der Waals surface area (Å²) in [5, 5.41) is 14.4. The summed E-state index contributed by atoms with van der Waals surface area (Å²) in [6.45, 7) is 3.11. The summed E-state index contributed by atoms with van der Waals surface area (Å²) >= 11 is 0. The predicted molar refractivity (Wildman–Crippen MR) is 84.7 cm³/mol. The summed E-state index contributed by atoms with van der Waals surface area (Å²) in [4.78, 5) is 3.58. The van der Waals surface area contributed by atoms with E-state index in [0.29, 0.717) is 5.75 Å². The number of aryl methyl sites for hydroxylation is 1. The molecule has 0 fully saturated rings. The molecule has 3 aromatic rings. The molecule has 1 aliphatic heterocycles. The number of aromatic hydroxyl groups is 1. The molecule has 0 bridgehead atoms. The molecule has 106 valence electrons. The average Bonchev–Trinajstić information content (AvgIpc) is 2.86. The molecular formula is C18H18N2O. The van der Waals surface area contributed by atoms with Gasteiger partial charge >= 0.3 is 0 Å². The third kappa shape index (κ3) is 2.01. The minimum atomic E-state index is 0.169. The van der Waals surface area contributed by atoms with Gasteiger partial charge in [-0.15, -0.1) is 0 Å². The van der Waals surface area contributed by atoms with Crippen LogP contribution in [0.3, 0.4) is 0 Å². The van der Waals surface area contributed by atoms with Crippen LogP contribution in [0, 0.1) is 6.92 Å². The van der Waals surface area contributed by atoms with Crippen molar-refractivity contribution < 1.29 is 5.11 Å². The monoisotopic (exact) mass is 278 g/mol. The van der Waals surface area contributed by atoms with Crippen LogP contribution < -0.4 is 5.32 Å². The number of aromatic nitrogens is 1. The number of phenolic OH excluding ortho intramolecular Hbond substituents is 1. The topological polar surface area (TPSA) is 48.0 Å². The minimum Gasteiger partial charge on any atom is -0.508 e. The Morgan fingerprint density at radius 3 is 2.71 bits per heavy atom. The third-order valence-electron chi connectivity index (χ3n) is 4.33. The summed E-state index contributed by atoms with van der Waals surface area (Å²) in [5.74, 6) is 0.307. The molecule has 1 atom stereocenters. The first-order chi connectivity index (χ1) is 10.2. The zero-order chi connectivity index (χ0) is 14.4. The number of hydrogen-bond donors (Lipinski definition) is 3. The Balaban J connectivity index is 1.88. The molecule has 0 spiro atoms. The Kier molecular flexibility index (Phi) is 2.76. The van der Waals surface area contributed by atoms with Crippen molar-refractivity contribution in [1.29, 1.82) is 0 Å². The standard InChI is InChI=1S/C18H18N2O/c1-11-2-7-16-15(10-11)14-8-9-19-17(18(14)20-16)12-3-5-13(21)6-4-12/h2-7,10,17,19-21H,8-9H2,1H3. The van der Waals surface area contributed by atoms with Crippen molar-refractivity contribution in [1.82, 2.24) is 10.3 Å². The SMILES string of the molecule is Cc1ccc2[nH]c3c(c2c1)CCNC3c1ccc(O)cc1. The van der Waals surface area contributed by atoms with Gasteiger partial charge in [-0.25, -0.2) is 0 Å². The van der Waals surface area contributed by atoms with Gasteiger partial charge in [0.2, 0.25) is 0 Å². The van der Waals surface area contributed by atoms with Gasteiger partial charge in [-0.05, 0) is 48.7 Å². The van der Waals surface area contributed by atoms with Crippen LogP contribution in [0.5, 0.6) is 5.75 Å². The van der Waals surface area contributed by atoms with Crippen LogP contribution >= 0.6 is 0 Å². The van der Waals surface area contributed by atoms with E-state index in [1.54, 1.807) is 12.1 Å². The number of aromatic amines is 1. The number of fused-ring (bicyclic) bond motifs is 3. The van der Waals surface area contributed by atoms with E-state index in [9.17, 15) is 5.11 Å². The zero-order valence-corrected chi connectivity index (χ0v) is 12.0. The number of nitrogens with one attached hydrogen (secondary N) is 2. The first kappa shape index (κ1) is 12.5. The van der Waals surface area contributed by atoms with Gasteiger partial charge in [-0.3, -0.25) is 0 Å². The molecule has 3 N–H and O–H groups in total. The van der Waals surface area contributed by atoms with Gasteiger partial charge in [0.15, 0.2) is 0 Å². The van der Waals surface area contributed by atoms with Crippen LogP contribution in [-0.2, 0) is 6.42 Å². The van der Waals surface area contributed by atoms with Crippen LogP contribution in [0.4, 0.5) is 0 Å². The van der Waals surface area contributed by atoms with E-state index in [4.69, 9.17) is 0 Å². The molecule has 1 unspecified atom stereocenters. The van der Waals surface area contributed by atoms with E-state index < -0.39 is 0 Å². The lowest BCUT2D eigenvalue weighted by molar-refractivity contribution is 0.474. The maximum absolute atomic E-state index is 9.47. The minimum absolute atomic E-state index is 0.169. The number of benzene rings is 2. The zero-order valence-electron chi connectivity index (χ0n) is 12.0.